The highest BCUT2D eigenvalue weighted by atomic mass is 19.1. The Balaban J connectivity index is 2.98. The minimum atomic E-state index is -0.762. The number of hydrogen-bond acceptors (Lipinski definition) is 4. The summed E-state index contributed by atoms with van der Waals surface area (Å²) in [5.41, 5.74) is 0.605. The van der Waals surface area contributed by atoms with Gasteiger partial charge in [-0.1, -0.05) is 6.07 Å². The van der Waals surface area contributed by atoms with Crippen LogP contribution in [-0.2, 0) is 11.3 Å². The van der Waals surface area contributed by atoms with Crippen molar-refractivity contribution in [1.82, 2.24) is 0 Å². The summed E-state index contributed by atoms with van der Waals surface area (Å²) in [6, 6.07) is 2.83. The molecule has 0 aliphatic heterocycles. The number of benzene rings is 1. The summed E-state index contributed by atoms with van der Waals surface area (Å²) >= 11 is 0. The number of hydrogen-bond donors (Lipinski definition) is 2. The average Bonchev–Trinajstić information content (AvgIpc) is 2.20. The normalized spacial score (nSPS) is 10.2. The first kappa shape index (κ1) is 10.7. The fraction of sp³-hybridized carbons (Fsp3) is 0.333. The first-order valence-electron chi connectivity index (χ1n) is 4.06. The van der Waals surface area contributed by atoms with Gasteiger partial charge in [0.25, 0.3) is 0 Å². The molecule has 0 bridgehead atoms. The van der Waals surface area contributed by atoms with Gasteiger partial charge in [-0.05, 0) is 11.6 Å². The molecule has 0 spiro atoms. The third-order valence-corrected chi connectivity index (χ3v) is 1.85. The zero-order chi connectivity index (χ0) is 10.6. The van der Waals surface area contributed by atoms with Crippen LogP contribution in [0.1, 0.15) is 5.56 Å². The Kier molecular flexibility index (Phi) is 3.67. The van der Waals surface area contributed by atoms with Gasteiger partial charge in [0.1, 0.15) is 0 Å². The van der Waals surface area contributed by atoms with E-state index in [-0.39, 0.29) is 12.4 Å². The van der Waals surface area contributed by atoms with E-state index in [1.165, 1.54) is 13.2 Å². The molecule has 78 valence electrons. The van der Waals surface area contributed by atoms with E-state index in [9.17, 15) is 4.39 Å². The van der Waals surface area contributed by atoms with Gasteiger partial charge in [0.15, 0.2) is 11.5 Å². The Hall–Kier alpha value is -1.33. The van der Waals surface area contributed by atoms with Crippen molar-refractivity contribution in [1.29, 1.82) is 0 Å². The number of methoxy groups -OCH3 is 1. The maximum absolute atomic E-state index is 13.2. The van der Waals surface area contributed by atoms with Gasteiger partial charge >= 0.3 is 0 Å². The standard InChI is InChI=1S/C9H12FNO3/c1-13-9-6(4-5-14-11)2-3-7(12)8(9)10/h2-3,12H,4-5,11H2,1H3. The van der Waals surface area contributed by atoms with Crippen LogP contribution < -0.4 is 10.6 Å². The molecule has 1 rings (SSSR count). The Morgan fingerprint density at radius 3 is 2.79 bits per heavy atom. The molecule has 0 saturated carbocycles. The van der Waals surface area contributed by atoms with Gasteiger partial charge in [0.05, 0.1) is 13.7 Å². The molecular weight excluding hydrogens is 189 g/mol. The number of phenols is 1. The number of nitrogens with two attached hydrogens (primary N) is 1. The smallest absolute Gasteiger partial charge is 0.206 e. The highest BCUT2D eigenvalue weighted by Gasteiger charge is 2.12. The molecule has 0 amide bonds. The molecule has 0 aliphatic carbocycles. The molecule has 5 heteroatoms. The van der Waals surface area contributed by atoms with Crippen LogP contribution >= 0.6 is 0 Å². The molecule has 4 nitrogen and oxygen atoms in total. The Labute approximate surface area is 81.0 Å². The Morgan fingerprint density at radius 1 is 1.50 bits per heavy atom. The van der Waals surface area contributed by atoms with E-state index in [0.29, 0.717) is 12.0 Å². The van der Waals surface area contributed by atoms with E-state index in [4.69, 9.17) is 15.7 Å². The fourth-order valence-corrected chi connectivity index (χ4v) is 1.17. The lowest BCUT2D eigenvalue weighted by molar-refractivity contribution is 0.140. The van der Waals surface area contributed by atoms with E-state index in [1.54, 1.807) is 6.07 Å². The predicted octanol–water partition coefficient (Wildman–Crippen LogP) is 0.973. The fourth-order valence-electron chi connectivity index (χ4n) is 1.17. The molecule has 0 radical (unpaired) electrons. The highest BCUT2D eigenvalue weighted by Crippen LogP contribution is 2.29. The maximum Gasteiger partial charge on any atom is 0.206 e. The van der Waals surface area contributed by atoms with Crippen LogP contribution in [0.4, 0.5) is 4.39 Å². The van der Waals surface area contributed by atoms with Gasteiger partial charge in [-0.15, -0.1) is 0 Å². The van der Waals surface area contributed by atoms with Crippen molar-refractivity contribution < 1.29 is 19.1 Å². The predicted molar refractivity (Wildman–Crippen MR) is 48.5 cm³/mol. The van der Waals surface area contributed by atoms with Crippen LogP contribution in [0.15, 0.2) is 12.1 Å². The quantitative estimate of drug-likeness (QED) is 0.712. The van der Waals surface area contributed by atoms with Crippen LogP contribution in [0, 0.1) is 5.82 Å². The summed E-state index contributed by atoms with van der Waals surface area (Å²) in [4.78, 5) is 4.37. The largest absolute Gasteiger partial charge is 0.505 e. The summed E-state index contributed by atoms with van der Waals surface area (Å²) in [6.45, 7) is 0.264. The third-order valence-electron chi connectivity index (χ3n) is 1.85. The lowest BCUT2D eigenvalue weighted by atomic mass is 10.1. The monoisotopic (exact) mass is 201 g/mol. The summed E-state index contributed by atoms with van der Waals surface area (Å²) < 4.78 is 18.1. The van der Waals surface area contributed by atoms with Crippen molar-refractivity contribution in [3.05, 3.63) is 23.5 Å². The molecule has 1 aromatic rings. The Bertz CT molecular complexity index is 317. The minimum absolute atomic E-state index is 0.0297. The number of halogens is 1. The van der Waals surface area contributed by atoms with Crippen molar-refractivity contribution in [2.75, 3.05) is 13.7 Å². The van der Waals surface area contributed by atoms with E-state index in [2.05, 4.69) is 4.84 Å². The van der Waals surface area contributed by atoms with E-state index in [0.717, 1.165) is 0 Å². The van der Waals surface area contributed by atoms with Gasteiger partial charge in [-0.2, -0.15) is 4.39 Å². The number of phenolic OH excluding ortho intramolecular Hbond substituents is 1. The molecule has 0 aliphatic rings. The van der Waals surface area contributed by atoms with Crippen LogP contribution in [0.2, 0.25) is 0 Å². The van der Waals surface area contributed by atoms with Gasteiger partial charge < -0.3 is 14.7 Å². The van der Waals surface area contributed by atoms with Crippen molar-refractivity contribution in [3.8, 4) is 11.5 Å². The summed E-state index contributed by atoms with van der Waals surface area (Å²) in [7, 11) is 1.34. The zero-order valence-corrected chi connectivity index (χ0v) is 7.79. The summed E-state index contributed by atoms with van der Waals surface area (Å²) in [5.74, 6) is 3.69. The average molecular weight is 201 g/mol. The molecule has 0 aromatic heterocycles. The van der Waals surface area contributed by atoms with Crippen LogP contribution in [0.25, 0.3) is 0 Å². The molecule has 0 atom stereocenters. The molecule has 0 unspecified atom stereocenters. The second-order valence-electron chi connectivity index (χ2n) is 2.71. The van der Waals surface area contributed by atoms with E-state index in [1.807, 2.05) is 0 Å². The second-order valence-corrected chi connectivity index (χ2v) is 2.71. The van der Waals surface area contributed by atoms with E-state index >= 15 is 0 Å². The SMILES string of the molecule is COc1c(CCON)ccc(O)c1F. The van der Waals surface area contributed by atoms with Crippen LogP contribution in [0.3, 0.4) is 0 Å². The van der Waals surface area contributed by atoms with Crippen LogP contribution in [-0.4, -0.2) is 18.8 Å². The molecule has 1 aromatic carbocycles. The van der Waals surface area contributed by atoms with Crippen molar-refractivity contribution in [2.45, 2.75) is 6.42 Å². The number of rotatable bonds is 4. The second kappa shape index (κ2) is 4.78. The van der Waals surface area contributed by atoms with Gasteiger partial charge in [0, 0.05) is 6.42 Å². The van der Waals surface area contributed by atoms with Gasteiger partial charge in [-0.3, -0.25) is 0 Å². The molecule has 0 fully saturated rings. The minimum Gasteiger partial charge on any atom is -0.505 e. The highest BCUT2D eigenvalue weighted by molar-refractivity contribution is 5.42. The van der Waals surface area contributed by atoms with Crippen molar-refractivity contribution in [2.24, 2.45) is 5.90 Å². The topological polar surface area (TPSA) is 64.7 Å². The summed E-state index contributed by atoms with van der Waals surface area (Å²) in [5, 5.41) is 9.07. The Morgan fingerprint density at radius 2 is 2.21 bits per heavy atom. The molecular formula is C9H12FNO3. The third kappa shape index (κ3) is 2.12. The lowest BCUT2D eigenvalue weighted by Crippen LogP contribution is -2.05. The van der Waals surface area contributed by atoms with Crippen molar-refractivity contribution in [3.63, 3.8) is 0 Å². The van der Waals surface area contributed by atoms with Gasteiger partial charge in [0.2, 0.25) is 5.82 Å². The molecule has 14 heavy (non-hydrogen) atoms. The molecule has 3 N–H and O–H groups in total. The van der Waals surface area contributed by atoms with E-state index < -0.39 is 11.6 Å². The number of ether oxygens (including phenoxy) is 1. The maximum atomic E-state index is 13.2. The molecule has 0 saturated heterocycles. The zero-order valence-electron chi connectivity index (χ0n) is 7.79. The first-order valence-corrected chi connectivity index (χ1v) is 4.06. The van der Waals surface area contributed by atoms with Crippen molar-refractivity contribution >= 4 is 0 Å². The summed E-state index contributed by atoms with van der Waals surface area (Å²) in [6.07, 6.45) is 0.427. The molecule has 0 heterocycles. The number of aromatic hydroxyl groups is 1. The van der Waals surface area contributed by atoms with Gasteiger partial charge in [-0.25, -0.2) is 5.90 Å². The van der Waals surface area contributed by atoms with Crippen LogP contribution in [0.5, 0.6) is 11.5 Å². The lowest BCUT2D eigenvalue weighted by Gasteiger charge is -2.09. The first-order chi connectivity index (χ1) is 6.70.